The maximum absolute atomic E-state index is 13.1. The first kappa shape index (κ1) is 15.4. The minimum atomic E-state index is -0.822. The largest absolute Gasteiger partial charge is 0.508 e. The van der Waals surface area contributed by atoms with Crippen molar-refractivity contribution in [1.82, 2.24) is 4.90 Å². The smallest absolute Gasteiger partial charge is 0.303 e. The van der Waals surface area contributed by atoms with Crippen LogP contribution < -0.4 is 0 Å². The molecule has 0 aliphatic heterocycles. The molecular weight excluding hydrogens is 249 g/mol. The van der Waals surface area contributed by atoms with E-state index in [0.29, 0.717) is 25.1 Å². The molecule has 0 atom stereocenters. The number of nitrogens with zero attached hydrogens (tertiary/aromatic N) is 1. The van der Waals surface area contributed by atoms with Gasteiger partial charge in [0.1, 0.15) is 11.6 Å². The molecule has 0 aliphatic carbocycles. The predicted molar refractivity (Wildman–Crippen MR) is 70.5 cm³/mol. The van der Waals surface area contributed by atoms with Crippen LogP contribution >= 0.6 is 0 Å². The molecule has 0 saturated carbocycles. The van der Waals surface area contributed by atoms with Crippen molar-refractivity contribution in [3.8, 4) is 5.75 Å². The first-order valence-corrected chi connectivity index (χ1v) is 6.33. The minimum Gasteiger partial charge on any atom is -0.508 e. The molecule has 0 bridgehead atoms. The molecular formula is C14H20FNO3. The van der Waals surface area contributed by atoms with Crippen LogP contribution in [0.2, 0.25) is 0 Å². The topological polar surface area (TPSA) is 60.8 Å². The summed E-state index contributed by atoms with van der Waals surface area (Å²) in [6, 6.07) is 4.04. The first-order valence-electron chi connectivity index (χ1n) is 6.33. The highest BCUT2D eigenvalue weighted by atomic mass is 19.1. The zero-order chi connectivity index (χ0) is 14.4. The van der Waals surface area contributed by atoms with Gasteiger partial charge in [-0.05, 0) is 45.0 Å². The Labute approximate surface area is 112 Å². The summed E-state index contributed by atoms with van der Waals surface area (Å²) in [5, 5.41) is 18.3. The summed E-state index contributed by atoms with van der Waals surface area (Å²) in [4.78, 5) is 12.5. The van der Waals surface area contributed by atoms with E-state index in [4.69, 9.17) is 5.11 Å². The lowest BCUT2D eigenvalue weighted by atomic mass is 10.1. The standard InChI is InChI=1S/C14H20FNO3/c1-10(2)16(7-3-4-14(18)19)9-11-8-12(15)5-6-13(11)17/h5-6,8,10,17H,3-4,7,9H2,1-2H3,(H,18,19). The number of halogens is 1. The van der Waals surface area contributed by atoms with Gasteiger partial charge in [0.2, 0.25) is 0 Å². The second-order valence-electron chi connectivity index (χ2n) is 4.83. The Morgan fingerprint density at radius 1 is 1.42 bits per heavy atom. The van der Waals surface area contributed by atoms with E-state index >= 15 is 0 Å². The van der Waals surface area contributed by atoms with Crippen LogP contribution in [0.3, 0.4) is 0 Å². The Hall–Kier alpha value is -1.62. The number of hydrogen-bond donors (Lipinski definition) is 2. The summed E-state index contributed by atoms with van der Waals surface area (Å²) in [7, 11) is 0. The van der Waals surface area contributed by atoms with Gasteiger partial charge in [-0.1, -0.05) is 0 Å². The molecule has 4 nitrogen and oxygen atoms in total. The van der Waals surface area contributed by atoms with Gasteiger partial charge < -0.3 is 10.2 Å². The summed E-state index contributed by atoms with van der Waals surface area (Å²) in [5.41, 5.74) is 0.518. The molecule has 0 amide bonds. The highest BCUT2D eigenvalue weighted by molar-refractivity contribution is 5.66. The van der Waals surface area contributed by atoms with Crippen LogP contribution in [-0.4, -0.2) is 33.7 Å². The monoisotopic (exact) mass is 269 g/mol. The number of phenolic OH excluding ortho intramolecular Hbond substituents is 1. The molecule has 0 unspecified atom stereocenters. The Morgan fingerprint density at radius 2 is 2.11 bits per heavy atom. The number of rotatable bonds is 7. The molecule has 0 fully saturated rings. The predicted octanol–water partition coefficient (Wildman–Crippen LogP) is 2.61. The average molecular weight is 269 g/mol. The van der Waals surface area contributed by atoms with Gasteiger partial charge in [-0.2, -0.15) is 0 Å². The molecule has 106 valence electrons. The second kappa shape index (κ2) is 7.09. The van der Waals surface area contributed by atoms with Crippen LogP contribution in [0.15, 0.2) is 18.2 Å². The number of carboxylic acids is 1. The van der Waals surface area contributed by atoms with E-state index in [-0.39, 0.29) is 24.0 Å². The molecule has 0 heterocycles. The zero-order valence-corrected chi connectivity index (χ0v) is 11.3. The number of aliphatic carboxylic acids is 1. The van der Waals surface area contributed by atoms with Gasteiger partial charge >= 0.3 is 5.97 Å². The van der Waals surface area contributed by atoms with E-state index < -0.39 is 5.97 Å². The van der Waals surface area contributed by atoms with Gasteiger partial charge in [-0.3, -0.25) is 9.69 Å². The molecule has 5 heteroatoms. The van der Waals surface area contributed by atoms with Crippen molar-refractivity contribution in [2.75, 3.05) is 6.54 Å². The van der Waals surface area contributed by atoms with E-state index in [1.807, 2.05) is 18.7 Å². The maximum Gasteiger partial charge on any atom is 0.303 e. The van der Waals surface area contributed by atoms with E-state index in [2.05, 4.69) is 0 Å². The third kappa shape index (κ3) is 5.26. The van der Waals surface area contributed by atoms with Crippen molar-refractivity contribution in [3.05, 3.63) is 29.6 Å². The fourth-order valence-electron chi connectivity index (χ4n) is 1.85. The molecule has 2 N–H and O–H groups in total. The third-order valence-electron chi connectivity index (χ3n) is 2.98. The van der Waals surface area contributed by atoms with E-state index in [0.717, 1.165) is 0 Å². The zero-order valence-electron chi connectivity index (χ0n) is 11.3. The summed E-state index contributed by atoms with van der Waals surface area (Å²) in [5.74, 6) is -1.15. The molecule has 19 heavy (non-hydrogen) atoms. The number of aromatic hydroxyl groups is 1. The summed E-state index contributed by atoms with van der Waals surface area (Å²) in [6.07, 6.45) is 0.641. The van der Waals surface area contributed by atoms with Crippen molar-refractivity contribution in [3.63, 3.8) is 0 Å². The van der Waals surface area contributed by atoms with E-state index in [1.54, 1.807) is 0 Å². The summed E-state index contributed by atoms with van der Waals surface area (Å²) < 4.78 is 13.1. The molecule has 0 aliphatic rings. The molecule has 1 aromatic carbocycles. The van der Waals surface area contributed by atoms with Crippen LogP contribution in [0.4, 0.5) is 4.39 Å². The maximum atomic E-state index is 13.1. The second-order valence-corrected chi connectivity index (χ2v) is 4.83. The molecule has 0 radical (unpaired) electrons. The van der Waals surface area contributed by atoms with Crippen LogP contribution in [0, 0.1) is 5.82 Å². The summed E-state index contributed by atoms with van der Waals surface area (Å²) in [6.45, 7) is 4.97. The van der Waals surface area contributed by atoms with Gasteiger partial charge in [-0.25, -0.2) is 4.39 Å². The Bertz CT molecular complexity index is 435. The van der Waals surface area contributed by atoms with Gasteiger partial charge in [0.05, 0.1) is 0 Å². The Morgan fingerprint density at radius 3 is 2.68 bits per heavy atom. The third-order valence-corrected chi connectivity index (χ3v) is 2.98. The van der Waals surface area contributed by atoms with E-state index in [1.165, 1.54) is 18.2 Å². The number of carboxylic acid groups (broad SMARTS) is 1. The SMILES string of the molecule is CC(C)N(CCCC(=O)O)Cc1cc(F)ccc1O. The molecule has 1 aromatic rings. The highest BCUT2D eigenvalue weighted by Gasteiger charge is 2.13. The van der Waals surface area contributed by atoms with Crippen LogP contribution in [-0.2, 0) is 11.3 Å². The molecule has 1 rings (SSSR count). The normalized spacial score (nSPS) is 11.2. The highest BCUT2D eigenvalue weighted by Crippen LogP contribution is 2.21. The van der Waals surface area contributed by atoms with Gasteiger partial charge in [0, 0.05) is 24.6 Å². The molecule has 0 aromatic heterocycles. The Kier molecular flexibility index (Phi) is 5.76. The molecule has 0 spiro atoms. The lowest BCUT2D eigenvalue weighted by Gasteiger charge is -2.26. The van der Waals surface area contributed by atoms with Crippen molar-refractivity contribution in [2.24, 2.45) is 0 Å². The quantitative estimate of drug-likeness (QED) is 0.798. The van der Waals surface area contributed by atoms with Crippen LogP contribution in [0.1, 0.15) is 32.3 Å². The van der Waals surface area contributed by atoms with Crippen molar-refractivity contribution >= 4 is 5.97 Å². The van der Waals surface area contributed by atoms with Crippen LogP contribution in [0.25, 0.3) is 0 Å². The number of benzene rings is 1. The van der Waals surface area contributed by atoms with Gasteiger partial charge in [0.15, 0.2) is 0 Å². The molecule has 0 saturated heterocycles. The average Bonchev–Trinajstić information content (AvgIpc) is 2.31. The number of carbonyl (C=O) groups is 1. The van der Waals surface area contributed by atoms with Gasteiger partial charge in [-0.15, -0.1) is 0 Å². The lowest BCUT2D eigenvalue weighted by Crippen LogP contribution is -2.31. The van der Waals surface area contributed by atoms with E-state index in [9.17, 15) is 14.3 Å². The van der Waals surface area contributed by atoms with Crippen molar-refractivity contribution in [2.45, 2.75) is 39.3 Å². The number of hydrogen-bond acceptors (Lipinski definition) is 3. The van der Waals surface area contributed by atoms with Crippen molar-refractivity contribution in [1.29, 1.82) is 0 Å². The van der Waals surface area contributed by atoms with Crippen LogP contribution in [0.5, 0.6) is 5.75 Å². The Balaban J connectivity index is 2.67. The number of phenols is 1. The summed E-state index contributed by atoms with van der Waals surface area (Å²) >= 11 is 0. The lowest BCUT2D eigenvalue weighted by molar-refractivity contribution is -0.137. The fourth-order valence-corrected chi connectivity index (χ4v) is 1.85. The van der Waals surface area contributed by atoms with Crippen molar-refractivity contribution < 1.29 is 19.4 Å². The minimum absolute atomic E-state index is 0.0604. The van der Waals surface area contributed by atoms with Gasteiger partial charge in [0.25, 0.3) is 0 Å². The first-order chi connectivity index (χ1) is 8.90. The fraction of sp³-hybridized carbons (Fsp3) is 0.500.